The maximum Gasteiger partial charge on any atom is 0.106 e. The Kier molecular flexibility index (Phi) is 1.49. The molecule has 76 valence electrons. The Morgan fingerprint density at radius 2 is 2.07 bits per heavy atom. The molecule has 0 spiro atoms. The second kappa shape index (κ2) is 2.63. The van der Waals surface area contributed by atoms with Gasteiger partial charge in [0.05, 0.1) is 11.0 Å². The third-order valence-corrected chi connectivity index (χ3v) is 2.99. The second-order valence-electron chi connectivity index (χ2n) is 4.06. The lowest BCUT2D eigenvalue weighted by atomic mass is 10.2. The van der Waals surface area contributed by atoms with Crippen LogP contribution in [0.3, 0.4) is 0 Å². The molecule has 0 aliphatic carbocycles. The summed E-state index contributed by atoms with van der Waals surface area (Å²) in [6.07, 6.45) is 0. The molecule has 0 aliphatic rings. The van der Waals surface area contributed by atoms with E-state index in [2.05, 4.69) is 46.7 Å². The molecular weight excluding hydrogens is 186 g/mol. The van der Waals surface area contributed by atoms with Crippen LogP contribution in [0.25, 0.3) is 21.9 Å². The van der Waals surface area contributed by atoms with Gasteiger partial charge in [-0.15, -0.1) is 0 Å². The number of nitrogens with zero attached hydrogens (tertiary/aromatic N) is 2. The number of fused-ring (bicyclic) bond motifs is 3. The first kappa shape index (κ1) is 8.53. The van der Waals surface area contributed by atoms with Crippen LogP contribution in [0, 0.1) is 13.8 Å². The van der Waals surface area contributed by atoms with Crippen molar-refractivity contribution in [2.75, 3.05) is 0 Å². The lowest BCUT2D eigenvalue weighted by Crippen LogP contribution is -1.90. The van der Waals surface area contributed by atoms with Crippen molar-refractivity contribution in [3.8, 4) is 0 Å². The molecule has 1 N–H and O–H groups in total. The highest BCUT2D eigenvalue weighted by molar-refractivity contribution is 6.03. The van der Waals surface area contributed by atoms with E-state index in [1.54, 1.807) is 0 Å². The summed E-state index contributed by atoms with van der Waals surface area (Å²) in [5, 5.41) is 1.26. The number of hydrogen-bond donors (Lipinski definition) is 1. The van der Waals surface area contributed by atoms with E-state index in [-0.39, 0.29) is 0 Å². The minimum Gasteiger partial charge on any atom is -0.359 e. The number of rotatable bonds is 0. The molecule has 15 heavy (non-hydrogen) atoms. The van der Waals surface area contributed by atoms with Crippen molar-refractivity contribution in [1.82, 2.24) is 14.5 Å². The fraction of sp³-hybridized carbons (Fsp3) is 0.250. The number of aromatic amines is 1. The van der Waals surface area contributed by atoms with E-state index in [9.17, 15) is 0 Å². The molecule has 0 atom stereocenters. The molecule has 0 bridgehead atoms. The summed E-state index contributed by atoms with van der Waals surface area (Å²) < 4.78 is 2.14. The Morgan fingerprint density at radius 3 is 2.87 bits per heavy atom. The average Bonchev–Trinajstić information content (AvgIpc) is 2.68. The van der Waals surface area contributed by atoms with E-state index in [0.717, 1.165) is 11.3 Å². The predicted octanol–water partition coefficient (Wildman–Crippen LogP) is 2.67. The van der Waals surface area contributed by atoms with E-state index in [4.69, 9.17) is 0 Å². The molecule has 3 nitrogen and oxygen atoms in total. The normalized spacial score (nSPS) is 11.7. The van der Waals surface area contributed by atoms with Gasteiger partial charge in [-0.3, -0.25) is 0 Å². The Balaban J connectivity index is 2.62. The smallest absolute Gasteiger partial charge is 0.106 e. The maximum absolute atomic E-state index is 4.52. The van der Waals surface area contributed by atoms with Gasteiger partial charge < -0.3 is 9.55 Å². The minimum atomic E-state index is 1.05. The third kappa shape index (κ3) is 1.03. The van der Waals surface area contributed by atoms with Crippen LogP contribution in [0.5, 0.6) is 0 Å². The van der Waals surface area contributed by atoms with Gasteiger partial charge in [-0.25, -0.2) is 4.98 Å². The molecule has 0 radical (unpaired) electrons. The van der Waals surface area contributed by atoms with Gasteiger partial charge >= 0.3 is 0 Å². The van der Waals surface area contributed by atoms with Crippen molar-refractivity contribution < 1.29 is 0 Å². The molecule has 0 aliphatic heterocycles. The molecule has 2 heterocycles. The summed E-state index contributed by atoms with van der Waals surface area (Å²) in [4.78, 5) is 7.87. The van der Waals surface area contributed by atoms with Gasteiger partial charge in [-0.1, -0.05) is 0 Å². The van der Waals surface area contributed by atoms with Gasteiger partial charge in [0.1, 0.15) is 5.82 Å². The van der Waals surface area contributed by atoms with E-state index in [0.29, 0.717) is 0 Å². The molecule has 0 amide bonds. The first-order valence-corrected chi connectivity index (χ1v) is 5.08. The van der Waals surface area contributed by atoms with Gasteiger partial charge in [0.15, 0.2) is 0 Å². The van der Waals surface area contributed by atoms with Crippen LogP contribution in [-0.4, -0.2) is 14.5 Å². The topological polar surface area (TPSA) is 33.6 Å². The highest BCUT2D eigenvalue weighted by Gasteiger charge is 2.09. The molecular formula is C12H13N3. The van der Waals surface area contributed by atoms with Gasteiger partial charge in [-0.05, 0) is 32.0 Å². The molecule has 3 rings (SSSR count). The van der Waals surface area contributed by atoms with Gasteiger partial charge in [0.25, 0.3) is 0 Å². The van der Waals surface area contributed by atoms with Crippen molar-refractivity contribution >= 4 is 21.9 Å². The summed E-state index contributed by atoms with van der Waals surface area (Å²) in [6.45, 7) is 4.11. The predicted molar refractivity (Wildman–Crippen MR) is 62.0 cm³/mol. The minimum absolute atomic E-state index is 1.05. The lowest BCUT2D eigenvalue weighted by Gasteiger charge is -1.97. The van der Waals surface area contributed by atoms with Crippen molar-refractivity contribution in [1.29, 1.82) is 0 Å². The molecule has 0 saturated heterocycles. The van der Waals surface area contributed by atoms with E-state index >= 15 is 0 Å². The number of hydrogen-bond acceptors (Lipinski definition) is 1. The number of aryl methyl sites for hydroxylation is 3. The molecule has 2 aromatic heterocycles. The summed E-state index contributed by atoms with van der Waals surface area (Å²) >= 11 is 0. The molecule has 3 heteroatoms. The molecule has 1 aromatic carbocycles. The largest absolute Gasteiger partial charge is 0.359 e. The lowest BCUT2D eigenvalue weighted by molar-refractivity contribution is 0.888. The molecule has 0 saturated carbocycles. The monoisotopic (exact) mass is 199 g/mol. The number of aromatic nitrogens is 3. The fourth-order valence-corrected chi connectivity index (χ4v) is 2.17. The summed E-state index contributed by atoms with van der Waals surface area (Å²) in [7, 11) is 2.06. The third-order valence-electron chi connectivity index (χ3n) is 2.99. The van der Waals surface area contributed by atoms with E-state index < -0.39 is 0 Å². The Morgan fingerprint density at radius 1 is 1.27 bits per heavy atom. The quantitative estimate of drug-likeness (QED) is 0.593. The summed E-state index contributed by atoms with van der Waals surface area (Å²) in [6, 6.07) is 6.34. The van der Waals surface area contributed by atoms with Crippen molar-refractivity contribution in [3.05, 3.63) is 29.7 Å². The SMILES string of the molecule is Cc1cc2c(ccc3nc(C)n(C)c32)[nH]1. The summed E-state index contributed by atoms with van der Waals surface area (Å²) in [5.41, 5.74) is 4.66. The fourth-order valence-electron chi connectivity index (χ4n) is 2.17. The van der Waals surface area contributed by atoms with Crippen LogP contribution in [0.4, 0.5) is 0 Å². The van der Waals surface area contributed by atoms with E-state index in [1.165, 1.54) is 22.1 Å². The number of imidazole rings is 1. The first-order valence-electron chi connectivity index (χ1n) is 5.08. The Labute approximate surface area is 87.7 Å². The standard InChI is InChI=1S/C12H13N3/c1-7-6-9-10(13-7)4-5-11-12(9)15(3)8(2)14-11/h4-6,13H,1-3H3. The zero-order chi connectivity index (χ0) is 10.6. The number of H-pyrrole nitrogens is 1. The Hall–Kier alpha value is -1.77. The van der Waals surface area contributed by atoms with Crippen LogP contribution >= 0.6 is 0 Å². The van der Waals surface area contributed by atoms with Crippen LogP contribution in [0.1, 0.15) is 11.5 Å². The summed E-state index contributed by atoms with van der Waals surface area (Å²) in [5.74, 6) is 1.05. The van der Waals surface area contributed by atoms with Crippen LogP contribution in [-0.2, 0) is 7.05 Å². The average molecular weight is 199 g/mol. The van der Waals surface area contributed by atoms with Crippen LogP contribution in [0.2, 0.25) is 0 Å². The number of benzene rings is 1. The molecule has 0 fully saturated rings. The Bertz CT molecular complexity index is 658. The highest BCUT2D eigenvalue weighted by atomic mass is 15.1. The van der Waals surface area contributed by atoms with Crippen molar-refractivity contribution in [2.24, 2.45) is 7.05 Å². The maximum atomic E-state index is 4.52. The van der Waals surface area contributed by atoms with Gasteiger partial charge in [-0.2, -0.15) is 0 Å². The second-order valence-corrected chi connectivity index (χ2v) is 4.06. The molecule has 3 aromatic rings. The van der Waals surface area contributed by atoms with Crippen molar-refractivity contribution in [2.45, 2.75) is 13.8 Å². The van der Waals surface area contributed by atoms with E-state index in [1.807, 2.05) is 6.92 Å². The molecule has 0 unspecified atom stereocenters. The highest BCUT2D eigenvalue weighted by Crippen LogP contribution is 2.25. The van der Waals surface area contributed by atoms with Gasteiger partial charge in [0, 0.05) is 23.6 Å². The van der Waals surface area contributed by atoms with Crippen LogP contribution < -0.4 is 0 Å². The number of nitrogens with one attached hydrogen (secondary N) is 1. The van der Waals surface area contributed by atoms with Crippen LogP contribution in [0.15, 0.2) is 18.2 Å². The van der Waals surface area contributed by atoms with Gasteiger partial charge in [0.2, 0.25) is 0 Å². The zero-order valence-electron chi connectivity index (χ0n) is 9.13. The first-order chi connectivity index (χ1) is 7.16. The zero-order valence-corrected chi connectivity index (χ0v) is 9.13. The van der Waals surface area contributed by atoms with Crippen molar-refractivity contribution in [3.63, 3.8) is 0 Å².